The lowest BCUT2D eigenvalue weighted by molar-refractivity contribution is -0.145. The van der Waals surface area contributed by atoms with E-state index >= 15 is 0 Å². The summed E-state index contributed by atoms with van der Waals surface area (Å²) < 4.78 is 10.9. The van der Waals surface area contributed by atoms with Gasteiger partial charge < -0.3 is 14.6 Å². The number of ether oxygens (including phenoxy) is 2. The lowest BCUT2D eigenvalue weighted by atomic mass is 10.1. The van der Waals surface area contributed by atoms with Gasteiger partial charge >= 0.3 is 5.97 Å². The average molecular weight is 379 g/mol. The van der Waals surface area contributed by atoms with Crippen molar-refractivity contribution in [1.29, 1.82) is 0 Å². The van der Waals surface area contributed by atoms with Crippen molar-refractivity contribution in [2.45, 2.75) is 32.2 Å². The predicted molar refractivity (Wildman–Crippen MR) is 98.5 cm³/mol. The Hall–Kier alpha value is -2.06. The van der Waals surface area contributed by atoms with E-state index in [2.05, 4.69) is 0 Å². The zero-order chi connectivity index (χ0) is 18.0. The van der Waals surface area contributed by atoms with E-state index in [4.69, 9.17) is 21.7 Å². The first-order valence-electron chi connectivity index (χ1n) is 7.90. The van der Waals surface area contributed by atoms with Gasteiger partial charge in [0.25, 0.3) is 5.91 Å². The molecule has 1 amide bonds. The summed E-state index contributed by atoms with van der Waals surface area (Å²) in [5.74, 6) is -0.115. The van der Waals surface area contributed by atoms with E-state index in [-0.39, 0.29) is 17.0 Å². The van der Waals surface area contributed by atoms with Crippen LogP contribution in [-0.4, -0.2) is 39.0 Å². The van der Waals surface area contributed by atoms with E-state index in [1.54, 1.807) is 18.2 Å². The van der Waals surface area contributed by atoms with Crippen LogP contribution in [0.4, 0.5) is 0 Å². The van der Waals surface area contributed by atoms with Gasteiger partial charge in [0, 0.05) is 0 Å². The van der Waals surface area contributed by atoms with Gasteiger partial charge in [-0.1, -0.05) is 49.8 Å². The molecule has 132 valence electrons. The number of benzene rings is 1. The highest BCUT2D eigenvalue weighted by atomic mass is 32.2. The van der Waals surface area contributed by atoms with Crippen LogP contribution in [0.25, 0.3) is 6.08 Å². The molecule has 3 rings (SSSR count). The van der Waals surface area contributed by atoms with Crippen LogP contribution >= 0.6 is 24.0 Å². The number of carbonyl (C=O) groups excluding carboxylic acids is 1. The average Bonchev–Trinajstić information content (AvgIpc) is 3.14. The van der Waals surface area contributed by atoms with Gasteiger partial charge in [-0.05, 0) is 30.2 Å². The minimum atomic E-state index is -1.03. The molecule has 6 nitrogen and oxygen atoms in total. The van der Waals surface area contributed by atoms with Crippen LogP contribution in [0.1, 0.15) is 31.7 Å². The number of aliphatic carboxylic acids is 1. The molecule has 1 unspecified atom stereocenters. The first-order valence-corrected chi connectivity index (χ1v) is 9.13. The van der Waals surface area contributed by atoms with Crippen LogP contribution in [0.2, 0.25) is 0 Å². The lowest BCUT2D eigenvalue weighted by Crippen LogP contribution is -2.43. The molecule has 0 saturated carbocycles. The van der Waals surface area contributed by atoms with Gasteiger partial charge in [0.15, 0.2) is 11.5 Å². The number of carboxylic acids is 1. The fraction of sp³-hybridized carbons (Fsp3) is 0.353. The number of hydrogen-bond donors (Lipinski definition) is 1. The van der Waals surface area contributed by atoms with Crippen molar-refractivity contribution in [1.82, 2.24) is 4.90 Å². The highest BCUT2D eigenvalue weighted by Crippen LogP contribution is 2.37. The minimum Gasteiger partial charge on any atom is -0.480 e. The molecule has 0 aliphatic carbocycles. The van der Waals surface area contributed by atoms with Crippen LogP contribution in [0.3, 0.4) is 0 Å². The third kappa shape index (κ3) is 3.64. The number of carbonyl (C=O) groups is 2. The van der Waals surface area contributed by atoms with Crippen molar-refractivity contribution in [3.05, 3.63) is 28.7 Å². The van der Waals surface area contributed by atoms with E-state index in [1.807, 2.05) is 13.0 Å². The summed E-state index contributed by atoms with van der Waals surface area (Å²) in [6, 6.07) is 4.44. The molecule has 2 heterocycles. The number of thiocarbonyl (C=S) groups is 1. The molecule has 1 aromatic carbocycles. The van der Waals surface area contributed by atoms with Gasteiger partial charge in [-0.25, -0.2) is 4.79 Å². The predicted octanol–water partition coefficient (Wildman–Crippen LogP) is 3.26. The van der Waals surface area contributed by atoms with Gasteiger partial charge in [-0.15, -0.1) is 0 Å². The van der Waals surface area contributed by atoms with Crippen LogP contribution in [0.15, 0.2) is 23.1 Å². The Bertz CT molecular complexity index is 761. The molecule has 25 heavy (non-hydrogen) atoms. The minimum absolute atomic E-state index is 0.179. The highest BCUT2D eigenvalue weighted by molar-refractivity contribution is 8.26. The summed E-state index contributed by atoms with van der Waals surface area (Å²) in [6.07, 6.45) is 3.65. The second-order valence-corrected chi connectivity index (χ2v) is 7.34. The summed E-state index contributed by atoms with van der Waals surface area (Å²) in [5, 5.41) is 9.46. The SMILES string of the molecule is CCCCC(C(=O)O)N1C(=O)/C(=C/c2ccc3c(c2)OCO3)SC1=S. The van der Waals surface area contributed by atoms with Crippen molar-refractivity contribution in [3.8, 4) is 11.5 Å². The Morgan fingerprint density at radius 2 is 2.20 bits per heavy atom. The maximum atomic E-state index is 12.7. The van der Waals surface area contributed by atoms with Crippen LogP contribution in [0, 0.1) is 0 Å². The number of rotatable bonds is 6. The number of carboxylic acid groups (broad SMARTS) is 1. The third-order valence-electron chi connectivity index (χ3n) is 3.95. The molecule has 2 aliphatic heterocycles. The highest BCUT2D eigenvalue weighted by Gasteiger charge is 2.40. The molecule has 1 fully saturated rings. The molecule has 0 aromatic heterocycles. The molecule has 1 aromatic rings. The zero-order valence-electron chi connectivity index (χ0n) is 13.6. The van der Waals surface area contributed by atoms with E-state index in [1.165, 1.54) is 4.90 Å². The van der Waals surface area contributed by atoms with Crippen LogP contribution in [0.5, 0.6) is 11.5 Å². The van der Waals surface area contributed by atoms with Crippen molar-refractivity contribution in [3.63, 3.8) is 0 Å². The molecule has 0 spiro atoms. The monoisotopic (exact) mass is 379 g/mol. The van der Waals surface area contributed by atoms with Gasteiger partial charge in [0.05, 0.1) is 4.91 Å². The first kappa shape index (κ1) is 17.8. The first-order chi connectivity index (χ1) is 12.0. The molecular formula is C17H17NO5S2. The molecule has 2 aliphatic rings. The smallest absolute Gasteiger partial charge is 0.326 e. The number of unbranched alkanes of at least 4 members (excludes halogenated alkanes) is 1. The maximum Gasteiger partial charge on any atom is 0.326 e. The van der Waals surface area contributed by atoms with Gasteiger partial charge in [0.2, 0.25) is 6.79 Å². The molecule has 0 bridgehead atoms. The van der Waals surface area contributed by atoms with Crippen molar-refractivity contribution < 1.29 is 24.2 Å². The standard InChI is InChI=1S/C17H17NO5S2/c1-2-3-4-11(16(20)21)18-15(19)14(25-17(18)24)8-10-5-6-12-13(7-10)23-9-22-12/h5-8,11H,2-4,9H2,1H3,(H,20,21)/b14-8-. The largest absolute Gasteiger partial charge is 0.480 e. The summed E-state index contributed by atoms with van der Waals surface area (Å²) in [5.41, 5.74) is 0.769. The Balaban J connectivity index is 1.83. The van der Waals surface area contributed by atoms with Gasteiger partial charge in [0.1, 0.15) is 10.4 Å². The normalized spacial score (nSPS) is 18.9. The number of fused-ring (bicyclic) bond motifs is 1. The van der Waals surface area contributed by atoms with Crippen molar-refractivity contribution in [2.75, 3.05) is 6.79 Å². The summed E-state index contributed by atoms with van der Waals surface area (Å²) in [6.45, 7) is 2.15. The molecule has 8 heteroatoms. The van der Waals surface area contributed by atoms with Gasteiger partial charge in [-0.2, -0.15) is 0 Å². The maximum absolute atomic E-state index is 12.7. The van der Waals surface area contributed by atoms with Gasteiger partial charge in [-0.3, -0.25) is 9.69 Å². The molecule has 1 atom stereocenters. The number of amides is 1. The fourth-order valence-electron chi connectivity index (χ4n) is 2.66. The van der Waals surface area contributed by atoms with Crippen LogP contribution < -0.4 is 9.47 Å². The van der Waals surface area contributed by atoms with Crippen molar-refractivity contribution in [2.24, 2.45) is 0 Å². The van der Waals surface area contributed by atoms with Crippen LogP contribution in [-0.2, 0) is 9.59 Å². The topological polar surface area (TPSA) is 76.1 Å². The second kappa shape index (κ2) is 7.45. The Morgan fingerprint density at radius 1 is 1.44 bits per heavy atom. The number of hydrogen-bond acceptors (Lipinski definition) is 6. The quantitative estimate of drug-likeness (QED) is 0.600. The third-order valence-corrected chi connectivity index (χ3v) is 5.28. The van der Waals surface area contributed by atoms with Crippen molar-refractivity contribution >= 4 is 46.3 Å². The number of nitrogens with zero attached hydrogens (tertiary/aromatic N) is 1. The molecular weight excluding hydrogens is 362 g/mol. The zero-order valence-corrected chi connectivity index (χ0v) is 15.2. The molecule has 1 saturated heterocycles. The second-order valence-electron chi connectivity index (χ2n) is 5.66. The summed E-state index contributed by atoms with van der Waals surface area (Å²) in [4.78, 5) is 25.9. The Morgan fingerprint density at radius 3 is 2.92 bits per heavy atom. The Labute approximate surface area is 154 Å². The van der Waals surface area contributed by atoms with E-state index in [0.29, 0.717) is 22.8 Å². The fourth-order valence-corrected chi connectivity index (χ4v) is 4.02. The number of thioether (sulfide) groups is 1. The summed E-state index contributed by atoms with van der Waals surface area (Å²) >= 11 is 6.38. The lowest BCUT2D eigenvalue weighted by Gasteiger charge is -2.22. The van der Waals surface area contributed by atoms with E-state index < -0.39 is 12.0 Å². The van der Waals surface area contributed by atoms with E-state index in [9.17, 15) is 14.7 Å². The summed E-state index contributed by atoms with van der Waals surface area (Å²) in [7, 11) is 0. The molecule has 1 N–H and O–H groups in total. The Kier molecular flexibility index (Phi) is 5.29. The van der Waals surface area contributed by atoms with E-state index in [0.717, 1.165) is 30.2 Å². The molecule has 0 radical (unpaired) electrons.